The summed E-state index contributed by atoms with van der Waals surface area (Å²) in [4.78, 5) is 15.8. The highest BCUT2D eigenvalue weighted by Gasteiger charge is 2.51. The lowest BCUT2D eigenvalue weighted by Gasteiger charge is -2.36. The largest absolute Gasteiger partial charge is 0.208 e. The summed E-state index contributed by atoms with van der Waals surface area (Å²) in [5.41, 5.74) is 16.8. The van der Waals surface area contributed by atoms with Gasteiger partial charge in [0.15, 0.2) is 17.5 Å². The second-order valence-corrected chi connectivity index (χ2v) is 16.6. The maximum Gasteiger partial charge on any atom is 0.164 e. The summed E-state index contributed by atoms with van der Waals surface area (Å²) >= 11 is 0. The molecule has 2 aliphatic carbocycles. The fourth-order valence-electron chi connectivity index (χ4n) is 10.7. The fourth-order valence-corrected chi connectivity index (χ4v) is 10.7. The number of rotatable bonds is 4. The molecule has 11 aromatic rings. The number of hydrogen-bond donors (Lipinski definition) is 0. The smallest absolute Gasteiger partial charge is 0.164 e. The zero-order valence-electron chi connectivity index (χ0n) is 34.2. The van der Waals surface area contributed by atoms with E-state index < -0.39 is 5.41 Å². The van der Waals surface area contributed by atoms with E-state index in [1.807, 2.05) is 24.3 Å². The number of nitrogens with zero attached hydrogens (tertiary/aromatic N) is 3. The van der Waals surface area contributed by atoms with E-state index in [0.717, 1.165) is 27.8 Å². The van der Waals surface area contributed by atoms with Gasteiger partial charge in [-0.25, -0.2) is 15.0 Å². The van der Waals surface area contributed by atoms with Gasteiger partial charge < -0.3 is 0 Å². The minimum absolute atomic E-state index is 0.627. The molecule has 3 heteroatoms. The van der Waals surface area contributed by atoms with Crippen LogP contribution in [0.4, 0.5) is 0 Å². The Morgan fingerprint density at radius 3 is 1.38 bits per heavy atom. The van der Waals surface area contributed by atoms with Crippen LogP contribution >= 0.6 is 0 Å². The van der Waals surface area contributed by atoms with Crippen LogP contribution in [0.2, 0.25) is 0 Å². The maximum atomic E-state index is 5.37. The summed E-state index contributed by atoms with van der Waals surface area (Å²) in [6.45, 7) is 0. The van der Waals surface area contributed by atoms with Gasteiger partial charge in [-0.05, 0) is 100 Å². The van der Waals surface area contributed by atoms with Gasteiger partial charge in [0.1, 0.15) is 0 Å². The molecule has 1 unspecified atom stereocenters. The quantitative estimate of drug-likeness (QED) is 0.166. The minimum Gasteiger partial charge on any atom is -0.208 e. The Morgan fingerprint density at radius 1 is 0.254 bits per heavy atom. The standard InChI is InChI=1S/C60H37N3/c1-3-18-38(19-4-1)40-22-17-23-41(36-40)58-61-57(39-20-5-2-6-21-39)62-59(63-58)42-34-35-48-44-25-8-7-24-43(44)47-28-13-15-32-52(47)60(54(48)37-42)53-33-16-14-31-51(53)55-49-29-11-9-26-45(49)46-27-10-12-30-50(46)56(55)60/h1-37H. The second-order valence-electron chi connectivity index (χ2n) is 16.6. The lowest BCUT2D eigenvalue weighted by Crippen LogP contribution is -2.29. The van der Waals surface area contributed by atoms with Crippen molar-refractivity contribution in [1.82, 2.24) is 15.0 Å². The van der Waals surface area contributed by atoms with Crippen molar-refractivity contribution in [3.8, 4) is 78.7 Å². The molecule has 1 heterocycles. The van der Waals surface area contributed by atoms with Gasteiger partial charge in [0.2, 0.25) is 0 Å². The average molecular weight is 800 g/mol. The van der Waals surface area contributed by atoms with Crippen LogP contribution in [0.25, 0.3) is 100 Å². The lowest BCUT2D eigenvalue weighted by molar-refractivity contribution is 0.783. The molecule has 0 amide bonds. The van der Waals surface area contributed by atoms with Crippen molar-refractivity contribution < 1.29 is 0 Å². The van der Waals surface area contributed by atoms with Crippen molar-refractivity contribution in [2.75, 3.05) is 0 Å². The third-order valence-corrected chi connectivity index (χ3v) is 13.3. The number of aromatic nitrogens is 3. The van der Waals surface area contributed by atoms with Crippen molar-refractivity contribution in [3.63, 3.8) is 0 Å². The topological polar surface area (TPSA) is 38.7 Å². The Morgan fingerprint density at radius 2 is 0.698 bits per heavy atom. The Hall–Kier alpha value is -8.27. The highest BCUT2D eigenvalue weighted by atomic mass is 15.0. The highest BCUT2D eigenvalue weighted by Crippen LogP contribution is 2.64. The van der Waals surface area contributed by atoms with Crippen LogP contribution in [0.3, 0.4) is 0 Å². The molecule has 0 bridgehead atoms. The zero-order chi connectivity index (χ0) is 41.5. The molecule has 0 saturated carbocycles. The van der Waals surface area contributed by atoms with E-state index in [0.29, 0.717) is 17.5 Å². The monoisotopic (exact) mass is 799 g/mol. The van der Waals surface area contributed by atoms with Crippen molar-refractivity contribution in [1.29, 1.82) is 0 Å². The SMILES string of the molecule is c1ccc(-c2cccc(-c3nc(-c4ccccc4)nc(-c4ccc5c(c4)C4(c6ccccc6-c6ccccc6-5)c5ccccc5-c5c4c4ccccc4c4ccccc54)n3)c2)cc1. The highest BCUT2D eigenvalue weighted by molar-refractivity contribution is 6.19. The van der Waals surface area contributed by atoms with Crippen LogP contribution in [0.5, 0.6) is 0 Å². The third kappa shape index (κ3) is 5.23. The van der Waals surface area contributed by atoms with Gasteiger partial charge >= 0.3 is 0 Å². The summed E-state index contributed by atoms with van der Waals surface area (Å²) < 4.78 is 0. The van der Waals surface area contributed by atoms with Crippen LogP contribution in [-0.2, 0) is 5.41 Å². The molecule has 3 nitrogen and oxygen atoms in total. The predicted molar refractivity (Wildman–Crippen MR) is 258 cm³/mol. The van der Waals surface area contributed by atoms with Crippen molar-refractivity contribution in [3.05, 3.63) is 247 Å². The predicted octanol–water partition coefficient (Wildman–Crippen LogP) is 14.9. The Labute approximate surface area is 365 Å². The van der Waals surface area contributed by atoms with Crippen LogP contribution in [0, 0.1) is 0 Å². The maximum absolute atomic E-state index is 5.37. The zero-order valence-corrected chi connectivity index (χ0v) is 34.2. The molecule has 1 aromatic heterocycles. The summed E-state index contributed by atoms with van der Waals surface area (Å²) in [7, 11) is 0. The van der Waals surface area contributed by atoms with Gasteiger partial charge in [-0.15, -0.1) is 0 Å². The van der Waals surface area contributed by atoms with Crippen LogP contribution < -0.4 is 0 Å². The molecular formula is C60H37N3. The van der Waals surface area contributed by atoms with Crippen molar-refractivity contribution >= 4 is 21.5 Å². The fraction of sp³-hybridized carbons (Fsp3) is 0.0167. The van der Waals surface area contributed by atoms with Gasteiger partial charge in [-0.3, -0.25) is 0 Å². The summed E-state index contributed by atoms with van der Waals surface area (Å²) in [6, 6.07) is 81.3. The number of hydrogen-bond acceptors (Lipinski definition) is 3. The molecule has 0 N–H and O–H groups in total. The Bertz CT molecular complexity index is 3630. The minimum atomic E-state index is -0.710. The van der Waals surface area contributed by atoms with E-state index in [1.165, 1.54) is 77.2 Å². The number of benzene rings is 10. The molecule has 292 valence electrons. The van der Waals surface area contributed by atoms with E-state index in [-0.39, 0.29) is 0 Å². The van der Waals surface area contributed by atoms with E-state index >= 15 is 0 Å². The molecule has 0 fully saturated rings. The third-order valence-electron chi connectivity index (χ3n) is 13.3. The first-order chi connectivity index (χ1) is 31.3. The lowest BCUT2D eigenvalue weighted by atomic mass is 9.64. The number of fused-ring (bicyclic) bond motifs is 17. The van der Waals surface area contributed by atoms with Crippen molar-refractivity contribution in [2.24, 2.45) is 0 Å². The van der Waals surface area contributed by atoms with Gasteiger partial charge in [0.05, 0.1) is 5.41 Å². The molecule has 0 radical (unpaired) electrons. The van der Waals surface area contributed by atoms with Crippen LogP contribution in [0.15, 0.2) is 224 Å². The van der Waals surface area contributed by atoms with Crippen LogP contribution in [-0.4, -0.2) is 15.0 Å². The summed E-state index contributed by atoms with van der Waals surface area (Å²) in [6.07, 6.45) is 0. The second kappa shape index (κ2) is 13.9. The molecule has 2 aliphatic rings. The molecule has 1 spiro atoms. The van der Waals surface area contributed by atoms with Crippen molar-refractivity contribution in [2.45, 2.75) is 5.41 Å². The average Bonchev–Trinajstić information content (AvgIpc) is 3.63. The van der Waals surface area contributed by atoms with Gasteiger partial charge in [-0.2, -0.15) is 0 Å². The molecule has 63 heavy (non-hydrogen) atoms. The summed E-state index contributed by atoms with van der Waals surface area (Å²) in [5.74, 6) is 1.89. The molecule has 13 rings (SSSR count). The molecule has 1 atom stereocenters. The van der Waals surface area contributed by atoms with Gasteiger partial charge in [0.25, 0.3) is 0 Å². The van der Waals surface area contributed by atoms with Gasteiger partial charge in [0, 0.05) is 16.7 Å². The first-order valence-corrected chi connectivity index (χ1v) is 21.6. The van der Waals surface area contributed by atoms with E-state index in [4.69, 9.17) is 15.0 Å². The molecule has 10 aromatic carbocycles. The first-order valence-electron chi connectivity index (χ1n) is 21.6. The molecule has 0 saturated heterocycles. The molecule has 0 aliphatic heterocycles. The Balaban J connectivity index is 1.15. The van der Waals surface area contributed by atoms with Crippen LogP contribution in [0.1, 0.15) is 22.3 Å². The first kappa shape index (κ1) is 35.5. The van der Waals surface area contributed by atoms with E-state index in [1.54, 1.807) is 0 Å². The normalized spacial score (nSPS) is 14.4. The van der Waals surface area contributed by atoms with E-state index in [2.05, 4.69) is 200 Å². The summed E-state index contributed by atoms with van der Waals surface area (Å²) in [5, 5.41) is 5.04. The Kier molecular flexibility index (Phi) is 7.82. The van der Waals surface area contributed by atoms with E-state index in [9.17, 15) is 0 Å². The molecular weight excluding hydrogens is 763 g/mol. The van der Waals surface area contributed by atoms with Gasteiger partial charge in [-0.1, -0.05) is 212 Å².